The minimum atomic E-state index is -2.37. The zero-order chi connectivity index (χ0) is 20.1. The van der Waals surface area contributed by atoms with Gasteiger partial charge in [-0.25, -0.2) is 4.72 Å². The van der Waals surface area contributed by atoms with E-state index in [1.54, 1.807) is 35.0 Å². The Balaban J connectivity index is 1.93. The van der Waals surface area contributed by atoms with Gasteiger partial charge in [-0.2, -0.15) is 0 Å². The van der Waals surface area contributed by atoms with E-state index in [1.807, 2.05) is 24.3 Å². The molecule has 0 saturated heterocycles. The molecule has 0 spiro atoms. The molecular weight excluding hydrogens is 400 g/mol. The van der Waals surface area contributed by atoms with Crippen LogP contribution in [0.3, 0.4) is 0 Å². The second-order valence-corrected chi connectivity index (χ2v) is 7.29. The van der Waals surface area contributed by atoms with Gasteiger partial charge in [0, 0.05) is 40.7 Å². The van der Waals surface area contributed by atoms with E-state index < -0.39 is 11.3 Å². The Labute approximate surface area is 170 Å². The number of benzene rings is 2. The minimum Gasteiger partial charge on any atom is -0.760 e. The van der Waals surface area contributed by atoms with Crippen LogP contribution in [0.2, 0.25) is 5.02 Å². The quantitative estimate of drug-likeness (QED) is 0.599. The summed E-state index contributed by atoms with van der Waals surface area (Å²) in [7, 11) is 1.53. The predicted octanol–water partition coefficient (Wildman–Crippen LogP) is 3.11. The second-order valence-electron chi connectivity index (χ2n) is 6.09. The summed E-state index contributed by atoms with van der Waals surface area (Å²) >= 11 is 3.54. The Bertz CT molecular complexity index is 1050. The van der Waals surface area contributed by atoms with Gasteiger partial charge >= 0.3 is 0 Å². The van der Waals surface area contributed by atoms with E-state index >= 15 is 0 Å². The third-order valence-electron chi connectivity index (χ3n) is 4.24. The van der Waals surface area contributed by atoms with Crippen molar-refractivity contribution >= 4 is 22.9 Å². The van der Waals surface area contributed by atoms with Crippen LogP contribution in [0.4, 0.5) is 0 Å². The fourth-order valence-corrected chi connectivity index (χ4v) is 3.24. The first-order chi connectivity index (χ1) is 13.5. The molecule has 1 aromatic heterocycles. The molecule has 2 aromatic carbocycles. The van der Waals surface area contributed by atoms with E-state index in [0.29, 0.717) is 22.9 Å². The lowest BCUT2D eigenvalue weighted by Crippen LogP contribution is -2.19. The Kier molecular flexibility index (Phi) is 6.64. The first-order valence-electron chi connectivity index (χ1n) is 8.41. The maximum Gasteiger partial charge on any atom is 0.250 e. The Morgan fingerprint density at radius 3 is 2.50 bits per heavy atom. The summed E-state index contributed by atoms with van der Waals surface area (Å²) in [5.41, 5.74) is 3.22. The van der Waals surface area contributed by atoms with E-state index in [2.05, 4.69) is 4.72 Å². The molecule has 0 aliphatic heterocycles. The van der Waals surface area contributed by atoms with Gasteiger partial charge in [0.1, 0.15) is 5.75 Å². The standard InChI is InChI=1S/C20H19ClN2O4S/c1-27-19-8-4-15(10-17(19)11-22-28(25)26)16-5-9-20(24)23(13-16)12-14-2-6-18(21)7-3-14/h2-10,13,22H,11-12H2,1H3,(H,25,26)/p-1. The van der Waals surface area contributed by atoms with Crippen molar-refractivity contribution in [3.8, 4) is 16.9 Å². The van der Waals surface area contributed by atoms with E-state index in [9.17, 15) is 13.6 Å². The summed E-state index contributed by atoms with van der Waals surface area (Å²) in [6, 6.07) is 16.1. The Morgan fingerprint density at radius 1 is 1.11 bits per heavy atom. The smallest absolute Gasteiger partial charge is 0.250 e. The molecule has 1 unspecified atom stereocenters. The van der Waals surface area contributed by atoms with Gasteiger partial charge in [-0.3, -0.25) is 9.00 Å². The van der Waals surface area contributed by atoms with Gasteiger partial charge in [0.2, 0.25) is 0 Å². The number of nitrogens with one attached hydrogen (secondary N) is 1. The van der Waals surface area contributed by atoms with Crippen molar-refractivity contribution in [1.29, 1.82) is 0 Å². The van der Waals surface area contributed by atoms with Crippen molar-refractivity contribution in [2.75, 3.05) is 7.11 Å². The topological polar surface area (TPSA) is 83.4 Å². The van der Waals surface area contributed by atoms with Gasteiger partial charge in [-0.1, -0.05) is 29.8 Å². The number of hydrogen-bond acceptors (Lipinski definition) is 4. The highest BCUT2D eigenvalue weighted by Crippen LogP contribution is 2.26. The van der Waals surface area contributed by atoms with Crippen LogP contribution in [0, 0.1) is 0 Å². The molecule has 0 saturated carbocycles. The number of methoxy groups -OCH3 is 1. The average Bonchev–Trinajstić information content (AvgIpc) is 2.69. The molecule has 0 fully saturated rings. The molecule has 3 aromatic rings. The molecule has 28 heavy (non-hydrogen) atoms. The van der Waals surface area contributed by atoms with Crippen LogP contribution >= 0.6 is 11.6 Å². The molecule has 0 aliphatic rings. The number of nitrogens with zero attached hydrogens (tertiary/aromatic N) is 1. The van der Waals surface area contributed by atoms with Crippen LogP contribution in [0.15, 0.2) is 65.6 Å². The number of halogens is 1. The first-order valence-corrected chi connectivity index (χ1v) is 9.86. The fraction of sp³-hybridized carbons (Fsp3) is 0.150. The minimum absolute atomic E-state index is 0.109. The number of rotatable bonds is 7. The van der Waals surface area contributed by atoms with Crippen molar-refractivity contribution < 1.29 is 13.5 Å². The molecule has 6 nitrogen and oxygen atoms in total. The molecule has 146 valence electrons. The lowest BCUT2D eigenvalue weighted by atomic mass is 10.0. The molecular formula is C20H18ClN2O4S-. The van der Waals surface area contributed by atoms with Crippen LogP contribution in [-0.4, -0.2) is 20.4 Å². The highest BCUT2D eigenvalue weighted by molar-refractivity contribution is 7.77. The fourth-order valence-electron chi connectivity index (χ4n) is 2.85. The second kappa shape index (κ2) is 9.16. The van der Waals surface area contributed by atoms with Crippen LogP contribution in [0.25, 0.3) is 11.1 Å². The SMILES string of the molecule is COc1ccc(-c2ccc(=O)n(Cc3ccc(Cl)cc3)c2)cc1CNS(=O)[O-]. The zero-order valence-corrected chi connectivity index (χ0v) is 16.6. The van der Waals surface area contributed by atoms with Gasteiger partial charge < -0.3 is 13.9 Å². The molecule has 0 radical (unpaired) electrons. The van der Waals surface area contributed by atoms with E-state index in [1.165, 1.54) is 13.2 Å². The summed E-state index contributed by atoms with van der Waals surface area (Å²) in [4.78, 5) is 12.3. The van der Waals surface area contributed by atoms with E-state index in [4.69, 9.17) is 16.3 Å². The predicted molar refractivity (Wildman–Crippen MR) is 109 cm³/mol. The molecule has 0 aliphatic carbocycles. The maximum absolute atomic E-state index is 12.3. The van der Waals surface area contributed by atoms with E-state index in [-0.39, 0.29) is 12.1 Å². The highest BCUT2D eigenvalue weighted by atomic mass is 35.5. The van der Waals surface area contributed by atoms with Gasteiger partial charge in [0.05, 0.1) is 13.7 Å². The van der Waals surface area contributed by atoms with Gasteiger partial charge in [-0.15, -0.1) is 0 Å². The van der Waals surface area contributed by atoms with Crippen molar-refractivity contribution in [2.45, 2.75) is 13.1 Å². The summed E-state index contributed by atoms with van der Waals surface area (Å²) < 4.78 is 30.9. The van der Waals surface area contributed by atoms with Crippen LogP contribution < -0.4 is 15.0 Å². The Hall–Kier alpha value is -2.45. The molecule has 3 rings (SSSR count). The third kappa shape index (κ3) is 5.08. The molecule has 0 bridgehead atoms. The molecule has 1 heterocycles. The summed E-state index contributed by atoms with van der Waals surface area (Å²) in [5, 5.41) is 0.642. The average molecular weight is 418 g/mol. The first kappa shape index (κ1) is 20.3. The largest absolute Gasteiger partial charge is 0.760 e. The van der Waals surface area contributed by atoms with Crippen LogP contribution in [0.5, 0.6) is 5.75 Å². The Morgan fingerprint density at radius 2 is 1.82 bits per heavy atom. The number of pyridine rings is 1. The molecule has 1 N–H and O–H groups in total. The van der Waals surface area contributed by atoms with Crippen molar-refractivity contribution in [2.24, 2.45) is 0 Å². The van der Waals surface area contributed by atoms with Crippen LogP contribution in [-0.2, 0) is 24.4 Å². The van der Waals surface area contributed by atoms with Crippen molar-refractivity contribution in [1.82, 2.24) is 9.29 Å². The van der Waals surface area contributed by atoms with Crippen molar-refractivity contribution in [3.63, 3.8) is 0 Å². The monoisotopic (exact) mass is 417 g/mol. The third-order valence-corrected chi connectivity index (χ3v) is 4.88. The van der Waals surface area contributed by atoms with Crippen LogP contribution in [0.1, 0.15) is 11.1 Å². The summed E-state index contributed by atoms with van der Waals surface area (Å²) in [6.45, 7) is 0.529. The number of ether oxygens (including phenoxy) is 1. The highest BCUT2D eigenvalue weighted by Gasteiger charge is 2.08. The number of aromatic nitrogens is 1. The molecule has 8 heteroatoms. The summed E-state index contributed by atoms with van der Waals surface area (Å²) in [6.07, 6.45) is 1.78. The lowest BCUT2D eigenvalue weighted by molar-refractivity contribution is 0.409. The lowest BCUT2D eigenvalue weighted by Gasteiger charge is -2.14. The normalized spacial score (nSPS) is 12.0. The maximum atomic E-state index is 12.3. The van der Waals surface area contributed by atoms with Gasteiger partial charge in [0.25, 0.3) is 5.56 Å². The zero-order valence-electron chi connectivity index (χ0n) is 15.1. The van der Waals surface area contributed by atoms with E-state index in [0.717, 1.165) is 16.7 Å². The molecule has 0 amide bonds. The summed E-state index contributed by atoms with van der Waals surface area (Å²) in [5.74, 6) is 0.580. The van der Waals surface area contributed by atoms with Crippen molar-refractivity contribution in [3.05, 3.63) is 87.3 Å². The molecule has 1 atom stereocenters. The van der Waals surface area contributed by atoms with Gasteiger partial charge in [0.15, 0.2) is 0 Å². The number of hydrogen-bond donors (Lipinski definition) is 1. The van der Waals surface area contributed by atoms with Gasteiger partial charge in [-0.05, 0) is 47.0 Å².